The van der Waals surface area contributed by atoms with Crippen molar-refractivity contribution < 1.29 is 4.79 Å². The summed E-state index contributed by atoms with van der Waals surface area (Å²) in [6.45, 7) is 5.88. The lowest BCUT2D eigenvalue weighted by Gasteiger charge is -2.39. The van der Waals surface area contributed by atoms with Crippen LogP contribution < -0.4 is 5.32 Å². The topological polar surface area (TPSA) is 35.6 Å². The summed E-state index contributed by atoms with van der Waals surface area (Å²) in [5.41, 5.74) is -0.106. The number of nitrogens with zero attached hydrogens (tertiary/aromatic N) is 2. The van der Waals surface area contributed by atoms with E-state index in [1.165, 1.54) is 0 Å². The molecule has 2 aliphatic heterocycles. The van der Waals surface area contributed by atoms with Crippen molar-refractivity contribution >= 4 is 5.91 Å². The zero-order valence-electron chi connectivity index (χ0n) is 12.0. The number of nitrogens with one attached hydrogen (secondary N) is 1. The molecule has 0 radical (unpaired) electrons. The quantitative estimate of drug-likeness (QED) is 0.813. The van der Waals surface area contributed by atoms with Crippen LogP contribution in [0.25, 0.3) is 0 Å². The van der Waals surface area contributed by atoms with Gasteiger partial charge in [0.15, 0.2) is 0 Å². The third-order valence-corrected chi connectivity index (χ3v) is 4.86. The Kier molecular flexibility index (Phi) is 4.28. The van der Waals surface area contributed by atoms with Gasteiger partial charge in [-0.3, -0.25) is 4.79 Å². The van der Waals surface area contributed by atoms with Crippen LogP contribution in [0, 0.1) is 5.41 Å². The summed E-state index contributed by atoms with van der Waals surface area (Å²) in [7, 11) is 4.27. The average molecular weight is 253 g/mol. The molecule has 0 aromatic rings. The van der Waals surface area contributed by atoms with Gasteiger partial charge in [0, 0.05) is 25.7 Å². The Morgan fingerprint density at radius 1 is 1.39 bits per heavy atom. The second-order valence-corrected chi connectivity index (χ2v) is 6.05. The van der Waals surface area contributed by atoms with E-state index < -0.39 is 0 Å². The fourth-order valence-corrected chi connectivity index (χ4v) is 3.30. The lowest BCUT2D eigenvalue weighted by molar-refractivity contribution is -0.142. The van der Waals surface area contributed by atoms with E-state index in [0.717, 1.165) is 51.9 Å². The van der Waals surface area contributed by atoms with Crippen LogP contribution in [-0.4, -0.2) is 62.0 Å². The van der Waals surface area contributed by atoms with Gasteiger partial charge in [-0.05, 0) is 46.3 Å². The van der Waals surface area contributed by atoms with E-state index in [9.17, 15) is 4.79 Å². The predicted molar refractivity (Wildman–Crippen MR) is 73.5 cm³/mol. The SMILES string of the molecule is CCC1(C(=O)N2CCC(N(C)C)CC2)CCNC1. The first kappa shape index (κ1) is 13.8. The van der Waals surface area contributed by atoms with Crippen molar-refractivity contribution in [2.75, 3.05) is 40.3 Å². The summed E-state index contributed by atoms with van der Waals surface area (Å²) in [5, 5.41) is 3.36. The minimum atomic E-state index is -0.106. The van der Waals surface area contributed by atoms with Gasteiger partial charge in [0.1, 0.15) is 0 Å². The van der Waals surface area contributed by atoms with E-state index in [1.54, 1.807) is 0 Å². The highest BCUT2D eigenvalue weighted by Gasteiger charge is 2.42. The molecule has 2 heterocycles. The largest absolute Gasteiger partial charge is 0.342 e. The Bertz CT molecular complexity index is 289. The predicted octanol–water partition coefficient (Wildman–Crippen LogP) is 0.929. The number of piperidine rings is 1. The van der Waals surface area contributed by atoms with Crippen LogP contribution in [0.5, 0.6) is 0 Å². The molecule has 2 rings (SSSR count). The van der Waals surface area contributed by atoms with Crippen LogP contribution in [0.15, 0.2) is 0 Å². The summed E-state index contributed by atoms with van der Waals surface area (Å²) in [5.74, 6) is 0.396. The van der Waals surface area contributed by atoms with Gasteiger partial charge in [0.25, 0.3) is 0 Å². The van der Waals surface area contributed by atoms with Crippen LogP contribution in [0.3, 0.4) is 0 Å². The van der Waals surface area contributed by atoms with Gasteiger partial charge in [0.05, 0.1) is 5.41 Å². The van der Waals surface area contributed by atoms with Crippen LogP contribution in [-0.2, 0) is 4.79 Å². The highest BCUT2D eigenvalue weighted by Crippen LogP contribution is 2.32. The summed E-state index contributed by atoms with van der Waals surface area (Å²) in [6, 6.07) is 0.647. The highest BCUT2D eigenvalue weighted by molar-refractivity contribution is 5.83. The number of amides is 1. The molecule has 2 fully saturated rings. The molecule has 0 spiro atoms. The van der Waals surface area contributed by atoms with E-state index in [2.05, 4.69) is 36.1 Å². The third-order valence-electron chi connectivity index (χ3n) is 4.86. The molecule has 1 N–H and O–H groups in total. The monoisotopic (exact) mass is 253 g/mol. The molecule has 1 unspecified atom stereocenters. The standard InChI is InChI=1S/C14H27N3O/c1-4-14(7-8-15-11-14)13(18)17-9-5-12(6-10-17)16(2)3/h12,15H,4-11H2,1-3H3. The second-order valence-electron chi connectivity index (χ2n) is 6.05. The van der Waals surface area contributed by atoms with Gasteiger partial charge in [0.2, 0.25) is 5.91 Å². The maximum atomic E-state index is 12.7. The van der Waals surface area contributed by atoms with E-state index in [1.807, 2.05) is 0 Å². The maximum absolute atomic E-state index is 12.7. The van der Waals surface area contributed by atoms with Crippen LogP contribution >= 0.6 is 0 Å². The first-order valence-corrected chi connectivity index (χ1v) is 7.25. The number of hydrogen-bond acceptors (Lipinski definition) is 3. The fraction of sp³-hybridized carbons (Fsp3) is 0.929. The Morgan fingerprint density at radius 3 is 2.50 bits per heavy atom. The van der Waals surface area contributed by atoms with E-state index in [4.69, 9.17) is 0 Å². The zero-order valence-corrected chi connectivity index (χ0v) is 12.0. The van der Waals surface area contributed by atoms with Crippen LogP contribution in [0.4, 0.5) is 0 Å². The van der Waals surface area contributed by atoms with E-state index in [0.29, 0.717) is 11.9 Å². The van der Waals surface area contributed by atoms with E-state index >= 15 is 0 Å². The number of carbonyl (C=O) groups excluding carboxylic acids is 1. The molecule has 0 saturated carbocycles. The van der Waals surface area contributed by atoms with E-state index in [-0.39, 0.29) is 5.41 Å². The average Bonchev–Trinajstić information content (AvgIpc) is 2.88. The lowest BCUT2D eigenvalue weighted by Crippen LogP contribution is -2.50. The Morgan fingerprint density at radius 2 is 2.06 bits per heavy atom. The summed E-state index contributed by atoms with van der Waals surface area (Å²) >= 11 is 0. The maximum Gasteiger partial charge on any atom is 0.230 e. The van der Waals surface area contributed by atoms with Crippen molar-refractivity contribution in [2.24, 2.45) is 5.41 Å². The summed E-state index contributed by atoms with van der Waals surface area (Å²) in [6.07, 6.45) is 4.21. The molecule has 4 nitrogen and oxygen atoms in total. The Labute approximate surface area is 111 Å². The van der Waals surface area contributed by atoms with Gasteiger partial charge >= 0.3 is 0 Å². The molecule has 0 aromatic carbocycles. The van der Waals surface area contributed by atoms with Crippen molar-refractivity contribution in [1.29, 1.82) is 0 Å². The second kappa shape index (κ2) is 5.57. The lowest BCUT2D eigenvalue weighted by atomic mass is 9.82. The van der Waals surface area contributed by atoms with Gasteiger partial charge in [-0.15, -0.1) is 0 Å². The summed E-state index contributed by atoms with van der Waals surface area (Å²) in [4.78, 5) is 17.1. The molecular formula is C14H27N3O. The van der Waals surface area contributed by atoms with Crippen LogP contribution in [0.1, 0.15) is 32.6 Å². The third kappa shape index (κ3) is 2.54. The molecule has 1 atom stereocenters. The molecule has 2 saturated heterocycles. The molecule has 0 aromatic heterocycles. The minimum Gasteiger partial charge on any atom is -0.342 e. The Hall–Kier alpha value is -0.610. The van der Waals surface area contributed by atoms with Crippen molar-refractivity contribution in [1.82, 2.24) is 15.1 Å². The minimum absolute atomic E-state index is 0.106. The zero-order chi connectivity index (χ0) is 13.2. The number of rotatable bonds is 3. The van der Waals surface area contributed by atoms with Gasteiger partial charge in [-0.1, -0.05) is 6.92 Å². The van der Waals surface area contributed by atoms with Gasteiger partial charge < -0.3 is 15.1 Å². The molecule has 104 valence electrons. The highest BCUT2D eigenvalue weighted by atomic mass is 16.2. The van der Waals surface area contributed by atoms with Crippen molar-refractivity contribution in [3.8, 4) is 0 Å². The first-order valence-electron chi connectivity index (χ1n) is 7.25. The van der Waals surface area contributed by atoms with Gasteiger partial charge in [-0.25, -0.2) is 0 Å². The molecular weight excluding hydrogens is 226 g/mol. The van der Waals surface area contributed by atoms with Crippen molar-refractivity contribution in [3.05, 3.63) is 0 Å². The number of hydrogen-bond donors (Lipinski definition) is 1. The van der Waals surface area contributed by atoms with Crippen LogP contribution in [0.2, 0.25) is 0 Å². The molecule has 0 aliphatic carbocycles. The number of likely N-dealkylation sites (tertiary alicyclic amines) is 1. The normalized spacial score (nSPS) is 30.1. The first-order chi connectivity index (χ1) is 8.59. The summed E-state index contributed by atoms with van der Waals surface area (Å²) < 4.78 is 0. The van der Waals surface area contributed by atoms with Crippen molar-refractivity contribution in [2.45, 2.75) is 38.6 Å². The molecule has 0 bridgehead atoms. The molecule has 2 aliphatic rings. The smallest absolute Gasteiger partial charge is 0.230 e. The number of carbonyl (C=O) groups is 1. The van der Waals surface area contributed by atoms with Gasteiger partial charge in [-0.2, -0.15) is 0 Å². The molecule has 4 heteroatoms. The molecule has 18 heavy (non-hydrogen) atoms. The van der Waals surface area contributed by atoms with Crippen molar-refractivity contribution in [3.63, 3.8) is 0 Å². The fourth-order valence-electron chi connectivity index (χ4n) is 3.30. The molecule has 1 amide bonds. The Balaban J connectivity index is 1.94.